The fourth-order valence-electron chi connectivity index (χ4n) is 4.42. The molecule has 1 aliphatic rings. The van der Waals surface area contributed by atoms with Crippen molar-refractivity contribution in [1.82, 2.24) is 24.8 Å². The summed E-state index contributed by atoms with van der Waals surface area (Å²) in [4.78, 5) is 29.2. The number of hydrogen-bond acceptors (Lipinski definition) is 6. The smallest absolute Gasteiger partial charge is 0.368 e. The number of anilines is 1. The molecule has 1 N–H and O–H groups in total. The molecule has 0 saturated carbocycles. The molecule has 0 spiro atoms. The highest BCUT2D eigenvalue weighted by molar-refractivity contribution is 5.99. The third-order valence-corrected chi connectivity index (χ3v) is 6.39. The lowest BCUT2D eigenvalue weighted by Gasteiger charge is -2.34. The predicted molar refractivity (Wildman–Crippen MR) is 142 cm³/mol. The van der Waals surface area contributed by atoms with Crippen molar-refractivity contribution in [3.05, 3.63) is 84.4 Å². The van der Waals surface area contributed by atoms with Crippen LogP contribution in [0.1, 0.15) is 16.1 Å². The van der Waals surface area contributed by atoms with Gasteiger partial charge in [0.05, 0.1) is 11.1 Å². The Kier molecular flexibility index (Phi) is 8.43. The summed E-state index contributed by atoms with van der Waals surface area (Å²) in [6.45, 7) is 3.93. The van der Waals surface area contributed by atoms with Crippen molar-refractivity contribution in [3.63, 3.8) is 0 Å². The number of carbonyl (C=O) groups excluding carboxylic acids is 1. The molecule has 1 amide bonds. The number of carbonyl (C=O) groups is 1. The van der Waals surface area contributed by atoms with Gasteiger partial charge in [0, 0.05) is 68.8 Å². The van der Waals surface area contributed by atoms with E-state index < -0.39 is 11.9 Å². The molecular weight excluding hydrogens is 517 g/mol. The number of alkyl halides is 3. The van der Waals surface area contributed by atoms with Crippen molar-refractivity contribution >= 4 is 35.0 Å². The van der Waals surface area contributed by atoms with Crippen LogP contribution in [0.2, 0.25) is 0 Å². The summed E-state index contributed by atoms with van der Waals surface area (Å²) in [7, 11) is 0. The molecule has 0 atom stereocenters. The molecule has 198 valence electrons. The first-order valence-electron chi connectivity index (χ1n) is 12.0. The zero-order chi connectivity index (χ0) is 25.8. The van der Waals surface area contributed by atoms with E-state index in [1.165, 1.54) is 6.07 Å². The summed E-state index contributed by atoms with van der Waals surface area (Å²) in [5.74, 6) is 0.465. The number of aromatic nitrogens is 3. The minimum atomic E-state index is -4.54. The van der Waals surface area contributed by atoms with Crippen LogP contribution < -0.4 is 5.32 Å². The minimum Gasteiger partial charge on any atom is -0.368 e. The van der Waals surface area contributed by atoms with Gasteiger partial charge in [-0.15, -0.1) is 12.4 Å². The number of benzene rings is 1. The van der Waals surface area contributed by atoms with E-state index in [4.69, 9.17) is 0 Å². The molecule has 1 aliphatic heterocycles. The Balaban J connectivity index is 0.00000336. The average molecular weight is 543 g/mol. The van der Waals surface area contributed by atoms with Gasteiger partial charge in [0.25, 0.3) is 5.91 Å². The largest absolute Gasteiger partial charge is 0.433 e. The van der Waals surface area contributed by atoms with Crippen molar-refractivity contribution in [2.24, 2.45) is 0 Å². The molecule has 0 bridgehead atoms. The Morgan fingerprint density at radius 3 is 2.39 bits per heavy atom. The Morgan fingerprint density at radius 2 is 1.71 bits per heavy atom. The van der Waals surface area contributed by atoms with Crippen LogP contribution in [0.15, 0.2) is 73.2 Å². The maximum absolute atomic E-state index is 13.4. The molecule has 4 heterocycles. The normalized spacial score (nSPS) is 14.2. The van der Waals surface area contributed by atoms with Crippen molar-refractivity contribution in [2.75, 3.05) is 44.6 Å². The fourth-order valence-corrected chi connectivity index (χ4v) is 4.42. The maximum Gasteiger partial charge on any atom is 0.433 e. The molecule has 3 aromatic heterocycles. The number of hydrogen-bond donors (Lipinski definition) is 1. The summed E-state index contributed by atoms with van der Waals surface area (Å²) in [6, 6.07) is 15.1. The molecule has 1 saturated heterocycles. The Bertz CT molecular complexity index is 1380. The van der Waals surface area contributed by atoms with Crippen LogP contribution in [0.25, 0.3) is 22.0 Å². The van der Waals surface area contributed by atoms with Gasteiger partial charge in [0.15, 0.2) is 0 Å². The maximum atomic E-state index is 13.4. The zero-order valence-electron chi connectivity index (χ0n) is 20.4. The van der Waals surface area contributed by atoms with E-state index in [1.54, 1.807) is 30.7 Å². The summed E-state index contributed by atoms with van der Waals surface area (Å²) in [6.07, 6.45) is 0.237. The second kappa shape index (κ2) is 11.7. The monoisotopic (exact) mass is 542 g/mol. The lowest BCUT2D eigenvalue weighted by Crippen LogP contribution is -2.49. The summed E-state index contributed by atoms with van der Waals surface area (Å²) < 4.78 is 40.2. The summed E-state index contributed by atoms with van der Waals surface area (Å²) >= 11 is 0. The molecule has 0 unspecified atom stereocenters. The summed E-state index contributed by atoms with van der Waals surface area (Å²) in [5, 5.41) is 3.80. The zero-order valence-corrected chi connectivity index (χ0v) is 21.2. The standard InChI is InChI=1S/C27H25F3N6O.ClH/c28-27(29,30)23-9-8-21-24(34-23)22(19-5-2-1-3-6-19)18-33-25(21)32-11-12-35-13-15-36(16-14-35)26(37)20-7-4-10-31-17-20;/h1-10,17-18H,11-16H2,(H,32,33);1H. The third-order valence-electron chi connectivity index (χ3n) is 6.39. The Morgan fingerprint density at radius 1 is 0.947 bits per heavy atom. The first-order chi connectivity index (χ1) is 17.9. The minimum absolute atomic E-state index is 0. The second-order valence-corrected chi connectivity index (χ2v) is 8.78. The predicted octanol–water partition coefficient (Wildman–Crippen LogP) is 5.00. The highest BCUT2D eigenvalue weighted by atomic mass is 35.5. The number of nitrogens with one attached hydrogen (secondary N) is 1. The van der Waals surface area contributed by atoms with E-state index in [0.717, 1.165) is 24.7 Å². The van der Waals surface area contributed by atoms with Crippen LogP contribution in [0.4, 0.5) is 19.0 Å². The topological polar surface area (TPSA) is 74.2 Å². The third kappa shape index (κ3) is 6.03. The molecule has 4 aromatic rings. The fraction of sp³-hybridized carbons (Fsp3) is 0.259. The van der Waals surface area contributed by atoms with Crippen LogP contribution in [0.5, 0.6) is 0 Å². The molecule has 1 fully saturated rings. The van der Waals surface area contributed by atoms with Crippen molar-refractivity contribution in [2.45, 2.75) is 6.18 Å². The molecule has 0 radical (unpaired) electrons. The van der Waals surface area contributed by atoms with Gasteiger partial charge in [-0.3, -0.25) is 14.7 Å². The van der Waals surface area contributed by atoms with Gasteiger partial charge >= 0.3 is 6.18 Å². The Labute approximate surface area is 224 Å². The lowest BCUT2D eigenvalue weighted by molar-refractivity contribution is -0.140. The number of nitrogens with zero attached hydrogens (tertiary/aromatic N) is 5. The van der Waals surface area contributed by atoms with Crippen LogP contribution in [0, 0.1) is 0 Å². The summed E-state index contributed by atoms with van der Waals surface area (Å²) in [5.41, 5.74) is 1.18. The number of piperazine rings is 1. The molecule has 11 heteroatoms. The first kappa shape index (κ1) is 27.3. The molecule has 7 nitrogen and oxygen atoms in total. The Hall–Kier alpha value is -3.76. The lowest BCUT2D eigenvalue weighted by atomic mass is 10.0. The van der Waals surface area contributed by atoms with Gasteiger partial charge in [-0.05, 0) is 29.8 Å². The van der Waals surface area contributed by atoms with E-state index in [-0.39, 0.29) is 23.8 Å². The van der Waals surface area contributed by atoms with Crippen LogP contribution in [-0.2, 0) is 6.18 Å². The molecule has 1 aromatic carbocycles. The number of halogens is 4. The van der Waals surface area contributed by atoms with Gasteiger partial charge in [0.1, 0.15) is 11.5 Å². The van der Waals surface area contributed by atoms with Gasteiger partial charge in [-0.2, -0.15) is 13.2 Å². The quantitative estimate of drug-likeness (QED) is 0.369. The van der Waals surface area contributed by atoms with Crippen molar-refractivity contribution < 1.29 is 18.0 Å². The van der Waals surface area contributed by atoms with Gasteiger partial charge in [0.2, 0.25) is 0 Å². The van der Waals surface area contributed by atoms with E-state index in [0.29, 0.717) is 48.5 Å². The molecule has 0 aliphatic carbocycles. The van der Waals surface area contributed by atoms with Crippen molar-refractivity contribution in [1.29, 1.82) is 0 Å². The molecule has 5 rings (SSSR count). The number of rotatable bonds is 6. The van der Waals surface area contributed by atoms with Crippen molar-refractivity contribution in [3.8, 4) is 11.1 Å². The number of fused-ring (bicyclic) bond motifs is 1. The molecule has 38 heavy (non-hydrogen) atoms. The van der Waals surface area contributed by atoms with Crippen LogP contribution in [0.3, 0.4) is 0 Å². The number of amides is 1. The van der Waals surface area contributed by atoms with E-state index in [2.05, 4.69) is 25.2 Å². The SMILES string of the molecule is Cl.O=C(c1cccnc1)N1CCN(CCNc2ncc(-c3ccccc3)c3nc(C(F)(F)F)ccc23)CC1. The van der Waals surface area contributed by atoms with E-state index >= 15 is 0 Å². The highest BCUT2D eigenvalue weighted by Crippen LogP contribution is 2.34. The highest BCUT2D eigenvalue weighted by Gasteiger charge is 2.33. The second-order valence-electron chi connectivity index (χ2n) is 8.78. The molecular formula is C27H26ClF3N6O. The van der Waals surface area contributed by atoms with Crippen LogP contribution in [-0.4, -0.2) is 69.9 Å². The van der Waals surface area contributed by atoms with Crippen LogP contribution >= 0.6 is 12.4 Å². The average Bonchev–Trinajstić information content (AvgIpc) is 2.93. The number of pyridine rings is 3. The van der Waals surface area contributed by atoms with Gasteiger partial charge < -0.3 is 10.2 Å². The van der Waals surface area contributed by atoms with Gasteiger partial charge in [-0.25, -0.2) is 9.97 Å². The van der Waals surface area contributed by atoms with E-state index in [1.807, 2.05) is 35.2 Å². The first-order valence-corrected chi connectivity index (χ1v) is 12.0. The van der Waals surface area contributed by atoms with Gasteiger partial charge in [-0.1, -0.05) is 30.3 Å². The van der Waals surface area contributed by atoms with E-state index in [9.17, 15) is 18.0 Å².